The van der Waals surface area contributed by atoms with Gasteiger partial charge in [-0.05, 0) is 80.7 Å². The summed E-state index contributed by atoms with van der Waals surface area (Å²) >= 11 is 0. The Morgan fingerprint density at radius 1 is 0.962 bits per heavy atom. The summed E-state index contributed by atoms with van der Waals surface area (Å²) in [6, 6.07) is 0. The highest BCUT2D eigenvalue weighted by atomic mass is 16.7. The Labute approximate surface area is 315 Å². The van der Waals surface area contributed by atoms with Gasteiger partial charge in [0.25, 0.3) is 6.47 Å². The van der Waals surface area contributed by atoms with Crippen LogP contribution in [0.5, 0.6) is 0 Å². The van der Waals surface area contributed by atoms with Gasteiger partial charge in [-0.1, -0.05) is 20.8 Å². The Bertz CT molecular complexity index is 1380. The Hall–Kier alpha value is -2.58. The number of methoxy groups -OCH3 is 1. The van der Waals surface area contributed by atoms with Crippen LogP contribution in [-0.4, -0.2) is 97.8 Å². The van der Waals surface area contributed by atoms with E-state index in [1.807, 2.05) is 69.2 Å². The second-order valence-corrected chi connectivity index (χ2v) is 16.9. The average Bonchev–Trinajstić information content (AvgIpc) is 3.40. The normalized spacial score (nSPS) is 43.8. The molecule has 3 saturated heterocycles. The summed E-state index contributed by atoms with van der Waals surface area (Å²) < 4.78 is 56.8. The van der Waals surface area contributed by atoms with Crippen molar-refractivity contribution >= 4 is 24.2 Å². The molecule has 0 radical (unpaired) electrons. The summed E-state index contributed by atoms with van der Waals surface area (Å²) in [7, 11) is 1.54. The monoisotopic (exact) mass is 752 g/mol. The zero-order valence-corrected chi connectivity index (χ0v) is 34.2. The smallest absolute Gasteiger partial charge is 0.311 e. The van der Waals surface area contributed by atoms with Crippen molar-refractivity contribution in [2.45, 2.75) is 182 Å². The van der Waals surface area contributed by atoms with E-state index in [0.29, 0.717) is 31.5 Å². The molecule has 13 nitrogen and oxygen atoms in total. The van der Waals surface area contributed by atoms with E-state index in [-0.39, 0.29) is 24.2 Å². The third kappa shape index (κ3) is 8.79. The Morgan fingerprint density at radius 3 is 2.21 bits per heavy atom. The molecule has 4 rings (SSSR count). The number of carbonyl (C=O) groups excluding carboxylic acids is 4. The van der Waals surface area contributed by atoms with Gasteiger partial charge in [-0.3, -0.25) is 19.2 Å². The number of allylic oxidation sites excluding steroid dienone is 1. The van der Waals surface area contributed by atoms with Gasteiger partial charge in [-0.2, -0.15) is 0 Å². The molecule has 15 atom stereocenters. The number of esters is 2. The van der Waals surface area contributed by atoms with E-state index in [4.69, 9.17) is 42.6 Å². The van der Waals surface area contributed by atoms with Crippen LogP contribution in [0.4, 0.5) is 0 Å². The number of hydrogen-bond donors (Lipinski definition) is 0. The number of Topliss-reactive ketones (excluding diaryl/α,β-unsaturated/α-hetero) is 1. The molecule has 4 aliphatic rings. The lowest BCUT2D eigenvalue weighted by Crippen LogP contribution is -2.59. The zero-order valence-electron chi connectivity index (χ0n) is 34.2. The maximum atomic E-state index is 14.3. The SMILES string of the molecule is CCC1OC(=O)C(C)C(OC2C[C@@](C)(OC)[C@@H](OC=O)C(C)O2)C(C)[C@@H](OC2OC(C)CC(C)[C@H]2OC(C)=O)C2(C)CC(C)=C(O2)[C@H](C)C(=O)C1(C)C. The second kappa shape index (κ2) is 16.6. The van der Waals surface area contributed by atoms with Crippen molar-refractivity contribution in [1.29, 1.82) is 0 Å². The first kappa shape index (κ1) is 43.2. The van der Waals surface area contributed by atoms with E-state index in [1.54, 1.807) is 13.8 Å². The van der Waals surface area contributed by atoms with Crippen LogP contribution >= 0.6 is 0 Å². The molecular weight excluding hydrogens is 688 g/mol. The maximum absolute atomic E-state index is 14.3. The first-order valence-electron chi connectivity index (χ1n) is 19.2. The molecule has 0 aromatic rings. The van der Waals surface area contributed by atoms with Crippen molar-refractivity contribution in [2.75, 3.05) is 7.11 Å². The lowest BCUT2D eigenvalue weighted by atomic mass is 9.75. The highest BCUT2D eigenvalue weighted by Crippen LogP contribution is 2.48. The van der Waals surface area contributed by atoms with Gasteiger partial charge in [0.15, 0.2) is 30.6 Å². The Kier molecular flexibility index (Phi) is 13.6. The summed E-state index contributed by atoms with van der Waals surface area (Å²) in [6.07, 6.45) is -4.92. The fraction of sp³-hybridized carbons (Fsp3) is 0.850. The molecule has 4 aliphatic heterocycles. The van der Waals surface area contributed by atoms with Gasteiger partial charge in [-0.15, -0.1) is 0 Å². The Morgan fingerprint density at radius 2 is 1.62 bits per heavy atom. The van der Waals surface area contributed by atoms with E-state index >= 15 is 0 Å². The summed E-state index contributed by atoms with van der Waals surface area (Å²) in [4.78, 5) is 52.3. The van der Waals surface area contributed by atoms with E-state index in [1.165, 1.54) is 14.0 Å². The van der Waals surface area contributed by atoms with Gasteiger partial charge in [-0.25, -0.2) is 0 Å². The van der Waals surface area contributed by atoms with Crippen molar-refractivity contribution in [2.24, 2.45) is 29.1 Å². The summed E-state index contributed by atoms with van der Waals surface area (Å²) in [5.74, 6) is -2.76. The topological polar surface area (TPSA) is 151 Å². The summed E-state index contributed by atoms with van der Waals surface area (Å²) in [5, 5.41) is 0. The first-order chi connectivity index (χ1) is 24.6. The van der Waals surface area contributed by atoms with Crippen LogP contribution in [0.25, 0.3) is 0 Å². The number of rotatable bonds is 9. The van der Waals surface area contributed by atoms with Crippen LogP contribution in [0, 0.1) is 29.1 Å². The van der Waals surface area contributed by atoms with Crippen molar-refractivity contribution in [3.63, 3.8) is 0 Å². The largest absolute Gasteiger partial charge is 0.488 e. The van der Waals surface area contributed by atoms with E-state index in [9.17, 15) is 19.2 Å². The molecule has 302 valence electrons. The molecule has 0 saturated carbocycles. The van der Waals surface area contributed by atoms with Crippen LogP contribution in [0.15, 0.2) is 11.3 Å². The van der Waals surface area contributed by atoms with E-state index in [2.05, 4.69) is 0 Å². The van der Waals surface area contributed by atoms with Crippen molar-refractivity contribution in [3.8, 4) is 0 Å². The predicted molar refractivity (Wildman–Crippen MR) is 192 cm³/mol. The van der Waals surface area contributed by atoms with Crippen molar-refractivity contribution in [3.05, 3.63) is 11.3 Å². The van der Waals surface area contributed by atoms with Crippen LogP contribution in [0.2, 0.25) is 0 Å². The van der Waals surface area contributed by atoms with Crippen LogP contribution in [0.3, 0.4) is 0 Å². The molecule has 0 amide bonds. The molecule has 0 aromatic heterocycles. The number of ether oxygens (including phenoxy) is 9. The highest BCUT2D eigenvalue weighted by Gasteiger charge is 2.56. The fourth-order valence-electron chi connectivity index (χ4n) is 9.23. The van der Waals surface area contributed by atoms with Gasteiger partial charge >= 0.3 is 11.9 Å². The predicted octanol–water partition coefficient (Wildman–Crippen LogP) is 5.83. The molecule has 0 aliphatic carbocycles. The van der Waals surface area contributed by atoms with E-state index < -0.39 is 95.5 Å². The lowest BCUT2D eigenvalue weighted by molar-refractivity contribution is -0.317. The molecule has 0 spiro atoms. The average molecular weight is 753 g/mol. The van der Waals surface area contributed by atoms with Gasteiger partial charge in [0, 0.05) is 38.7 Å². The quantitative estimate of drug-likeness (QED) is 0.158. The molecule has 0 aromatic carbocycles. The molecule has 13 heteroatoms. The number of carbonyl (C=O) groups is 4. The first-order valence-corrected chi connectivity index (χ1v) is 19.2. The molecule has 2 bridgehead atoms. The number of cyclic esters (lactones) is 1. The molecule has 3 fully saturated rings. The number of ketones is 1. The molecular formula is C40H64O13. The molecule has 10 unspecified atom stereocenters. The number of fused-ring (bicyclic) bond motifs is 2. The third-order valence-corrected chi connectivity index (χ3v) is 12.1. The Balaban J connectivity index is 1.86. The highest BCUT2D eigenvalue weighted by molar-refractivity contribution is 5.89. The van der Waals surface area contributed by atoms with Crippen molar-refractivity contribution < 1.29 is 61.8 Å². The standard InChI is InChI=1S/C40H64O13/c1-15-28-38(10,11)33(43)23(5)30-21(3)17-40(13,53-30)34(52-37-31(49-27(9)42)20(2)16-22(4)47-37)24(6)32(25(7)36(44)50-28)51-29-18-39(12,45-14)35(46-19-41)26(8)48-29/h19-20,22-26,28-29,31-32,34-35,37H,15-18H2,1-14H3/t20?,22?,23-,24?,25?,26?,28?,29?,31+,32?,34+,35-,37?,39+,40?/m0/s1. The molecule has 4 heterocycles. The van der Waals surface area contributed by atoms with Gasteiger partial charge in [0.2, 0.25) is 0 Å². The molecule has 0 N–H and O–H groups in total. The lowest BCUT2D eigenvalue weighted by Gasteiger charge is -2.48. The van der Waals surface area contributed by atoms with Crippen LogP contribution in [0.1, 0.15) is 116 Å². The number of hydrogen-bond acceptors (Lipinski definition) is 13. The third-order valence-electron chi connectivity index (χ3n) is 12.1. The van der Waals surface area contributed by atoms with E-state index in [0.717, 1.165) is 5.57 Å². The fourth-order valence-corrected chi connectivity index (χ4v) is 9.23. The minimum absolute atomic E-state index is 0.0809. The zero-order chi connectivity index (χ0) is 39.8. The van der Waals surface area contributed by atoms with Crippen LogP contribution < -0.4 is 0 Å². The second-order valence-electron chi connectivity index (χ2n) is 16.9. The minimum atomic E-state index is -1.07. The van der Waals surface area contributed by atoms with Gasteiger partial charge < -0.3 is 42.6 Å². The van der Waals surface area contributed by atoms with Crippen molar-refractivity contribution in [1.82, 2.24) is 0 Å². The summed E-state index contributed by atoms with van der Waals surface area (Å²) in [5.41, 5.74) is -2.18. The van der Waals surface area contributed by atoms with Gasteiger partial charge in [0.1, 0.15) is 29.2 Å². The minimum Gasteiger partial charge on any atom is -0.488 e. The molecule has 53 heavy (non-hydrogen) atoms. The van der Waals surface area contributed by atoms with Gasteiger partial charge in [0.05, 0.1) is 35.6 Å². The maximum Gasteiger partial charge on any atom is 0.311 e. The van der Waals surface area contributed by atoms with Crippen LogP contribution in [-0.2, 0) is 61.8 Å². The summed E-state index contributed by atoms with van der Waals surface area (Å²) in [6.45, 7) is 24.2.